The molecule has 0 aliphatic heterocycles. The van der Waals surface area contributed by atoms with E-state index >= 15 is 0 Å². The van der Waals surface area contributed by atoms with Crippen LogP contribution in [-0.4, -0.2) is 0 Å². The predicted molar refractivity (Wildman–Crippen MR) is 76.0 cm³/mol. The van der Waals surface area contributed by atoms with Crippen molar-refractivity contribution in [3.63, 3.8) is 0 Å². The summed E-state index contributed by atoms with van der Waals surface area (Å²) in [5.41, 5.74) is 6.43. The summed E-state index contributed by atoms with van der Waals surface area (Å²) < 4.78 is 27.5. The minimum absolute atomic E-state index is 0.0496. The quantitative estimate of drug-likeness (QED) is 0.658. The highest BCUT2D eigenvalue weighted by Gasteiger charge is 2.17. The third kappa shape index (κ3) is 4.90. The summed E-state index contributed by atoms with van der Waals surface area (Å²) in [5, 5.41) is 0. The van der Waals surface area contributed by atoms with E-state index in [1.807, 2.05) is 0 Å². The molecule has 1 atom stereocenters. The second kappa shape index (κ2) is 8.26. The molecule has 2 N–H and O–H groups in total. The molecule has 1 nitrogen and oxygen atoms in total. The average molecular weight is 269 g/mol. The first-order valence-corrected chi connectivity index (χ1v) is 7.28. The van der Waals surface area contributed by atoms with Crippen LogP contribution in [0.2, 0.25) is 0 Å². The number of hydrogen-bond donors (Lipinski definition) is 1. The van der Waals surface area contributed by atoms with Gasteiger partial charge in [0.25, 0.3) is 0 Å². The number of aryl methyl sites for hydroxylation is 1. The van der Waals surface area contributed by atoms with Crippen LogP contribution in [0, 0.1) is 18.6 Å². The third-order valence-corrected chi connectivity index (χ3v) is 3.56. The summed E-state index contributed by atoms with van der Waals surface area (Å²) in [6.07, 6.45) is 7.55. The summed E-state index contributed by atoms with van der Waals surface area (Å²) in [6, 6.07) is 2.21. The molecule has 0 bridgehead atoms. The van der Waals surface area contributed by atoms with E-state index in [1.54, 1.807) is 6.92 Å². The van der Waals surface area contributed by atoms with Crippen LogP contribution in [-0.2, 0) is 0 Å². The Bertz CT molecular complexity index is 391. The number of benzene rings is 1. The highest BCUT2D eigenvalue weighted by molar-refractivity contribution is 5.28. The molecule has 1 unspecified atom stereocenters. The van der Waals surface area contributed by atoms with Crippen LogP contribution in [0.4, 0.5) is 8.78 Å². The number of unbranched alkanes of at least 4 members (excludes halogenated alkanes) is 5. The molecule has 0 aliphatic rings. The minimum atomic E-state index is -0.536. The van der Waals surface area contributed by atoms with Gasteiger partial charge in [-0.15, -0.1) is 0 Å². The molecule has 0 saturated heterocycles. The molecule has 0 amide bonds. The molecule has 1 rings (SSSR count). The first kappa shape index (κ1) is 16.1. The van der Waals surface area contributed by atoms with Crippen molar-refractivity contribution in [3.05, 3.63) is 34.9 Å². The Kier molecular flexibility index (Phi) is 7.00. The molecule has 0 aliphatic carbocycles. The molecule has 0 saturated carbocycles. The van der Waals surface area contributed by atoms with Gasteiger partial charge >= 0.3 is 0 Å². The molecule has 0 fully saturated rings. The molecule has 1 aromatic rings. The maximum atomic E-state index is 13.9. The molecule has 108 valence electrons. The van der Waals surface area contributed by atoms with Crippen molar-refractivity contribution in [2.24, 2.45) is 5.73 Å². The fourth-order valence-electron chi connectivity index (χ4n) is 2.31. The van der Waals surface area contributed by atoms with Gasteiger partial charge in [0.15, 0.2) is 0 Å². The average Bonchev–Trinajstić information content (AvgIpc) is 2.38. The van der Waals surface area contributed by atoms with Crippen molar-refractivity contribution in [2.75, 3.05) is 0 Å². The lowest BCUT2D eigenvalue weighted by Crippen LogP contribution is -2.15. The summed E-state index contributed by atoms with van der Waals surface area (Å²) in [5.74, 6) is -1.01. The van der Waals surface area contributed by atoms with Crippen molar-refractivity contribution >= 4 is 0 Å². The lowest BCUT2D eigenvalue weighted by atomic mass is 9.98. The standard InChI is InChI=1S/C16H25F2N/c1-3-4-5-6-7-8-9-14(19)15-13(17)11-10-12(2)16(15)18/h10-11,14H,3-9,19H2,1-2H3. The Hall–Kier alpha value is -0.960. The number of hydrogen-bond acceptors (Lipinski definition) is 1. The maximum absolute atomic E-state index is 13.9. The van der Waals surface area contributed by atoms with Crippen LogP contribution < -0.4 is 5.73 Å². The zero-order chi connectivity index (χ0) is 14.3. The molecule has 1 aromatic carbocycles. The number of halogens is 2. The van der Waals surface area contributed by atoms with Crippen molar-refractivity contribution in [1.82, 2.24) is 0 Å². The van der Waals surface area contributed by atoms with Crippen LogP contribution in [0.25, 0.3) is 0 Å². The third-order valence-electron chi connectivity index (χ3n) is 3.56. The van der Waals surface area contributed by atoms with Gasteiger partial charge in [-0.05, 0) is 25.0 Å². The highest BCUT2D eigenvalue weighted by Crippen LogP contribution is 2.25. The second-order valence-corrected chi connectivity index (χ2v) is 5.25. The van der Waals surface area contributed by atoms with Gasteiger partial charge in [0.2, 0.25) is 0 Å². The van der Waals surface area contributed by atoms with E-state index in [1.165, 1.54) is 37.8 Å². The largest absolute Gasteiger partial charge is 0.324 e. The SMILES string of the molecule is CCCCCCCCC(N)c1c(F)ccc(C)c1F. The van der Waals surface area contributed by atoms with E-state index in [0.29, 0.717) is 12.0 Å². The minimum Gasteiger partial charge on any atom is -0.324 e. The number of rotatable bonds is 8. The van der Waals surface area contributed by atoms with E-state index in [-0.39, 0.29) is 5.56 Å². The van der Waals surface area contributed by atoms with Crippen molar-refractivity contribution < 1.29 is 8.78 Å². The molecule has 0 aromatic heterocycles. The summed E-state index contributed by atoms with van der Waals surface area (Å²) >= 11 is 0. The van der Waals surface area contributed by atoms with Gasteiger partial charge in [-0.25, -0.2) is 8.78 Å². The van der Waals surface area contributed by atoms with Gasteiger partial charge in [-0.1, -0.05) is 51.5 Å². The Morgan fingerprint density at radius 3 is 2.37 bits per heavy atom. The molecule has 0 spiro atoms. The maximum Gasteiger partial charge on any atom is 0.133 e. The zero-order valence-electron chi connectivity index (χ0n) is 12.0. The molecule has 19 heavy (non-hydrogen) atoms. The first-order chi connectivity index (χ1) is 9.07. The summed E-state index contributed by atoms with van der Waals surface area (Å²) in [7, 11) is 0. The van der Waals surface area contributed by atoms with Crippen LogP contribution in [0.1, 0.15) is 69.0 Å². The van der Waals surface area contributed by atoms with Crippen LogP contribution >= 0.6 is 0 Å². The van der Waals surface area contributed by atoms with E-state index in [2.05, 4.69) is 6.92 Å². The van der Waals surface area contributed by atoms with Gasteiger partial charge in [0.1, 0.15) is 11.6 Å². The van der Waals surface area contributed by atoms with E-state index in [9.17, 15) is 8.78 Å². The second-order valence-electron chi connectivity index (χ2n) is 5.25. The van der Waals surface area contributed by atoms with Gasteiger partial charge in [-0.2, -0.15) is 0 Å². The molecular weight excluding hydrogens is 244 g/mol. The van der Waals surface area contributed by atoms with Crippen molar-refractivity contribution in [2.45, 2.75) is 64.8 Å². The van der Waals surface area contributed by atoms with Crippen LogP contribution in [0.5, 0.6) is 0 Å². The lowest BCUT2D eigenvalue weighted by molar-refractivity contribution is 0.488. The zero-order valence-corrected chi connectivity index (χ0v) is 12.0. The summed E-state index contributed by atoms with van der Waals surface area (Å²) in [6.45, 7) is 3.81. The van der Waals surface area contributed by atoms with Gasteiger partial charge in [0, 0.05) is 11.6 Å². The fraction of sp³-hybridized carbons (Fsp3) is 0.625. The highest BCUT2D eigenvalue weighted by atomic mass is 19.1. The Balaban J connectivity index is 2.45. The van der Waals surface area contributed by atoms with E-state index < -0.39 is 17.7 Å². The van der Waals surface area contributed by atoms with E-state index in [0.717, 1.165) is 12.8 Å². The lowest BCUT2D eigenvalue weighted by Gasteiger charge is -2.15. The topological polar surface area (TPSA) is 26.0 Å². The predicted octanol–water partition coefficient (Wildman–Crippen LogP) is 5.02. The summed E-state index contributed by atoms with van der Waals surface area (Å²) in [4.78, 5) is 0. The first-order valence-electron chi connectivity index (χ1n) is 7.28. The van der Waals surface area contributed by atoms with Crippen LogP contribution in [0.15, 0.2) is 12.1 Å². The Morgan fingerprint density at radius 2 is 1.68 bits per heavy atom. The Labute approximate surface area is 115 Å². The monoisotopic (exact) mass is 269 g/mol. The Morgan fingerprint density at radius 1 is 1.05 bits per heavy atom. The normalized spacial score (nSPS) is 12.7. The molecular formula is C16H25F2N. The van der Waals surface area contributed by atoms with Crippen molar-refractivity contribution in [1.29, 1.82) is 0 Å². The van der Waals surface area contributed by atoms with Gasteiger partial charge in [-0.3, -0.25) is 0 Å². The fourth-order valence-corrected chi connectivity index (χ4v) is 2.31. The van der Waals surface area contributed by atoms with Gasteiger partial charge in [0.05, 0.1) is 0 Å². The van der Waals surface area contributed by atoms with Gasteiger partial charge < -0.3 is 5.73 Å². The molecule has 3 heteroatoms. The van der Waals surface area contributed by atoms with E-state index in [4.69, 9.17) is 5.73 Å². The van der Waals surface area contributed by atoms with Crippen LogP contribution in [0.3, 0.4) is 0 Å². The smallest absolute Gasteiger partial charge is 0.133 e. The van der Waals surface area contributed by atoms with Crippen molar-refractivity contribution in [3.8, 4) is 0 Å². The number of nitrogens with two attached hydrogens (primary N) is 1. The molecule has 0 radical (unpaired) electrons. The molecule has 0 heterocycles.